The second-order valence-corrected chi connectivity index (χ2v) is 7.62. The predicted octanol–water partition coefficient (Wildman–Crippen LogP) is 0.637. The molecule has 0 saturated carbocycles. The monoisotopic (exact) mass is 357 g/mol. The van der Waals surface area contributed by atoms with E-state index in [4.69, 9.17) is 17.0 Å². The van der Waals surface area contributed by atoms with Crippen molar-refractivity contribution in [3.63, 3.8) is 0 Å². The van der Waals surface area contributed by atoms with Gasteiger partial charge in [0.1, 0.15) is 24.0 Å². The fourth-order valence-electron chi connectivity index (χ4n) is 1.68. The number of carbonyl (C=O) groups is 2. The summed E-state index contributed by atoms with van der Waals surface area (Å²) in [6.07, 6.45) is 1.80. The van der Waals surface area contributed by atoms with Gasteiger partial charge in [-0.2, -0.15) is 0 Å². The van der Waals surface area contributed by atoms with E-state index in [1.54, 1.807) is 17.4 Å². The summed E-state index contributed by atoms with van der Waals surface area (Å²) in [5.74, 6) is -0.673. The molecular formula is C14H17N2O3S3+. The van der Waals surface area contributed by atoms with E-state index >= 15 is 0 Å². The minimum atomic E-state index is -0.435. The van der Waals surface area contributed by atoms with Crippen molar-refractivity contribution in [1.29, 1.82) is 0 Å². The fraction of sp³-hybridized carbons (Fsp3) is 0.357. The van der Waals surface area contributed by atoms with Crippen molar-refractivity contribution in [2.45, 2.75) is 0 Å². The first kappa shape index (κ1) is 17.1. The number of thiophene rings is 1. The molecular weight excluding hydrogens is 340 g/mol. The normalized spacial score (nSPS) is 16.9. The summed E-state index contributed by atoms with van der Waals surface area (Å²) in [4.78, 5) is 28.1. The minimum absolute atomic E-state index is 0.130. The van der Waals surface area contributed by atoms with Crippen LogP contribution in [0.1, 0.15) is 4.88 Å². The number of quaternary nitrogens is 1. The molecule has 2 rings (SSSR count). The second-order valence-electron chi connectivity index (χ2n) is 4.96. The average Bonchev–Trinajstić information content (AvgIpc) is 3.03. The first-order valence-corrected chi connectivity index (χ1v) is 8.81. The van der Waals surface area contributed by atoms with Gasteiger partial charge in [0.05, 0.1) is 19.0 Å². The molecule has 0 unspecified atom stereocenters. The maximum absolute atomic E-state index is 12.3. The largest absolute Gasteiger partial charge is 0.458 e. The molecule has 118 valence electrons. The lowest BCUT2D eigenvalue weighted by atomic mass is 10.3. The topological polar surface area (TPSA) is 51.1 Å². The van der Waals surface area contributed by atoms with Gasteiger partial charge in [0.15, 0.2) is 0 Å². The van der Waals surface area contributed by atoms with E-state index < -0.39 is 5.97 Å². The summed E-state index contributed by atoms with van der Waals surface area (Å²) >= 11 is 7.94. The van der Waals surface area contributed by atoms with Crippen molar-refractivity contribution in [2.24, 2.45) is 0 Å². The van der Waals surface area contributed by atoms with Crippen molar-refractivity contribution in [3.8, 4) is 0 Å². The molecule has 1 N–H and O–H groups in total. The zero-order valence-corrected chi connectivity index (χ0v) is 14.8. The zero-order chi connectivity index (χ0) is 16.1. The SMILES string of the molecule is C[NH+](C)CCOC(=O)CN1C(=O)/C(=C\c2cccs2)SC1=S. The first-order chi connectivity index (χ1) is 10.5. The highest BCUT2D eigenvalue weighted by Gasteiger charge is 2.33. The van der Waals surface area contributed by atoms with Crippen LogP contribution < -0.4 is 4.90 Å². The molecule has 1 fully saturated rings. The Balaban J connectivity index is 1.93. The van der Waals surface area contributed by atoms with E-state index in [0.717, 1.165) is 11.4 Å². The summed E-state index contributed by atoms with van der Waals surface area (Å²) in [6, 6.07) is 3.84. The van der Waals surface area contributed by atoms with Crippen LogP contribution in [-0.2, 0) is 14.3 Å². The van der Waals surface area contributed by atoms with E-state index in [1.165, 1.54) is 21.6 Å². The highest BCUT2D eigenvalue weighted by Crippen LogP contribution is 2.33. The van der Waals surface area contributed by atoms with Crippen LogP contribution in [-0.4, -0.2) is 54.9 Å². The number of nitrogens with one attached hydrogen (secondary N) is 1. The Kier molecular flexibility index (Phi) is 6.13. The lowest BCUT2D eigenvalue weighted by Gasteiger charge is -2.14. The molecule has 5 nitrogen and oxygen atoms in total. The average molecular weight is 358 g/mol. The van der Waals surface area contributed by atoms with Gasteiger partial charge < -0.3 is 9.64 Å². The van der Waals surface area contributed by atoms with E-state index in [-0.39, 0.29) is 12.5 Å². The molecule has 0 radical (unpaired) electrons. The molecule has 0 atom stereocenters. The van der Waals surface area contributed by atoms with E-state index in [9.17, 15) is 9.59 Å². The number of rotatable bonds is 6. The molecule has 22 heavy (non-hydrogen) atoms. The lowest BCUT2D eigenvalue weighted by Crippen LogP contribution is -3.06. The van der Waals surface area contributed by atoms with Crippen LogP contribution in [0.4, 0.5) is 0 Å². The maximum atomic E-state index is 12.3. The quantitative estimate of drug-likeness (QED) is 0.460. The number of amides is 1. The molecule has 0 spiro atoms. The van der Waals surface area contributed by atoms with Crippen molar-refractivity contribution >= 4 is 57.6 Å². The number of esters is 1. The highest BCUT2D eigenvalue weighted by molar-refractivity contribution is 8.26. The van der Waals surface area contributed by atoms with Crippen LogP contribution in [0.2, 0.25) is 0 Å². The third-order valence-electron chi connectivity index (χ3n) is 2.84. The maximum Gasteiger partial charge on any atom is 0.326 e. The summed E-state index contributed by atoms with van der Waals surface area (Å²) in [5, 5.41) is 1.94. The zero-order valence-electron chi connectivity index (χ0n) is 12.3. The van der Waals surface area contributed by atoms with E-state index in [2.05, 4.69) is 0 Å². The van der Waals surface area contributed by atoms with Gasteiger partial charge in [0.25, 0.3) is 5.91 Å². The van der Waals surface area contributed by atoms with Gasteiger partial charge in [-0.1, -0.05) is 30.0 Å². The number of thiocarbonyl (C=S) groups is 1. The van der Waals surface area contributed by atoms with Crippen LogP contribution >= 0.6 is 35.3 Å². The predicted molar refractivity (Wildman–Crippen MR) is 92.8 cm³/mol. The molecule has 1 amide bonds. The van der Waals surface area contributed by atoms with Crippen molar-refractivity contribution in [1.82, 2.24) is 4.90 Å². The molecule has 2 heterocycles. The third-order valence-corrected chi connectivity index (χ3v) is 5.04. The number of nitrogens with zero attached hydrogens (tertiary/aromatic N) is 1. The Morgan fingerprint density at radius 2 is 2.27 bits per heavy atom. The smallest absolute Gasteiger partial charge is 0.326 e. The molecule has 8 heteroatoms. The molecule has 1 aliphatic heterocycles. The standard InChI is InChI=1S/C14H16N2O3S3/c1-15(2)5-6-19-12(17)9-16-13(18)11(22-14(16)20)8-10-4-3-7-21-10/h3-4,7-8H,5-6,9H2,1-2H3/p+1/b11-8+. The Labute approximate surface area is 142 Å². The lowest BCUT2D eigenvalue weighted by molar-refractivity contribution is -0.858. The number of carbonyl (C=O) groups excluding carboxylic acids is 2. The van der Waals surface area contributed by atoms with Gasteiger partial charge in [-0.3, -0.25) is 14.5 Å². The van der Waals surface area contributed by atoms with Gasteiger partial charge in [-0.05, 0) is 17.5 Å². The molecule has 0 aromatic carbocycles. The van der Waals surface area contributed by atoms with Crippen LogP contribution in [0.25, 0.3) is 6.08 Å². The van der Waals surface area contributed by atoms with Gasteiger partial charge in [0.2, 0.25) is 0 Å². The Morgan fingerprint density at radius 1 is 1.50 bits per heavy atom. The highest BCUT2D eigenvalue weighted by atomic mass is 32.2. The fourth-order valence-corrected chi connectivity index (χ4v) is 3.66. The van der Waals surface area contributed by atoms with Crippen LogP contribution in [0.3, 0.4) is 0 Å². The van der Waals surface area contributed by atoms with Crippen LogP contribution in [0.5, 0.6) is 0 Å². The molecule has 1 aliphatic rings. The van der Waals surface area contributed by atoms with Crippen LogP contribution in [0.15, 0.2) is 22.4 Å². The van der Waals surface area contributed by atoms with Crippen molar-refractivity contribution in [2.75, 3.05) is 33.8 Å². The minimum Gasteiger partial charge on any atom is -0.458 e. The Morgan fingerprint density at radius 3 is 2.91 bits per heavy atom. The number of ether oxygens (including phenoxy) is 1. The van der Waals surface area contributed by atoms with Crippen LogP contribution in [0, 0.1) is 0 Å². The van der Waals surface area contributed by atoms with Gasteiger partial charge in [-0.25, -0.2) is 0 Å². The molecule has 0 aliphatic carbocycles. The number of hydrogen-bond acceptors (Lipinski definition) is 6. The molecule has 1 aromatic rings. The third kappa shape index (κ3) is 4.64. The van der Waals surface area contributed by atoms with Crippen molar-refractivity contribution in [3.05, 3.63) is 27.3 Å². The second kappa shape index (κ2) is 7.87. The van der Waals surface area contributed by atoms with Crippen molar-refractivity contribution < 1.29 is 19.2 Å². The Hall–Kier alpha value is -1.22. The first-order valence-electron chi connectivity index (χ1n) is 6.71. The summed E-state index contributed by atoms with van der Waals surface area (Å²) < 4.78 is 5.50. The van der Waals surface area contributed by atoms with E-state index in [1.807, 2.05) is 31.6 Å². The summed E-state index contributed by atoms with van der Waals surface area (Å²) in [7, 11) is 3.95. The summed E-state index contributed by atoms with van der Waals surface area (Å²) in [6.45, 7) is 0.929. The van der Waals surface area contributed by atoms with Gasteiger partial charge >= 0.3 is 5.97 Å². The van der Waals surface area contributed by atoms with Gasteiger partial charge in [-0.15, -0.1) is 11.3 Å². The summed E-state index contributed by atoms with van der Waals surface area (Å²) in [5.41, 5.74) is 0. The Bertz CT molecular complexity index is 596. The van der Waals surface area contributed by atoms with Gasteiger partial charge in [0, 0.05) is 4.88 Å². The number of hydrogen-bond donors (Lipinski definition) is 1. The number of likely N-dealkylation sites (N-methyl/N-ethyl adjacent to an activating group) is 1. The molecule has 1 saturated heterocycles. The molecule has 0 bridgehead atoms. The molecule has 1 aromatic heterocycles. The van der Waals surface area contributed by atoms with E-state index in [0.29, 0.717) is 15.8 Å². The number of thioether (sulfide) groups is 1.